The van der Waals surface area contributed by atoms with Gasteiger partial charge in [0.2, 0.25) is 0 Å². The van der Waals surface area contributed by atoms with E-state index in [4.69, 9.17) is 0 Å². The number of aliphatic hydroxyl groups excluding tert-OH is 2. The monoisotopic (exact) mass is 312 g/mol. The highest BCUT2D eigenvalue weighted by Gasteiger charge is 2.35. The zero-order chi connectivity index (χ0) is 15.8. The van der Waals surface area contributed by atoms with Crippen LogP contribution in [0.1, 0.15) is 56.2 Å². The molecule has 4 heteroatoms. The summed E-state index contributed by atoms with van der Waals surface area (Å²) in [7, 11) is 0. The van der Waals surface area contributed by atoms with Gasteiger partial charge in [0, 0.05) is 5.56 Å². The van der Waals surface area contributed by atoms with Crippen LogP contribution in [0.25, 0.3) is 11.3 Å². The van der Waals surface area contributed by atoms with Gasteiger partial charge >= 0.3 is 0 Å². The van der Waals surface area contributed by atoms with E-state index in [2.05, 4.69) is 4.98 Å². The molecule has 2 aromatic rings. The molecule has 0 radical (unpaired) electrons. The number of hydrogen-bond donors (Lipinski definition) is 2. The van der Waals surface area contributed by atoms with E-state index in [1.54, 1.807) is 6.33 Å². The molecule has 4 nitrogen and oxygen atoms in total. The number of imidazole rings is 1. The minimum atomic E-state index is -0.592. The number of nitrogens with zero attached hydrogens (tertiary/aromatic N) is 2. The number of aliphatic hydroxyl groups is 2. The van der Waals surface area contributed by atoms with E-state index in [9.17, 15) is 10.2 Å². The lowest BCUT2D eigenvalue weighted by Gasteiger charge is -2.36. The molecule has 1 saturated carbocycles. The van der Waals surface area contributed by atoms with Gasteiger partial charge in [0.1, 0.15) is 6.10 Å². The summed E-state index contributed by atoms with van der Waals surface area (Å²) in [6.07, 6.45) is 9.22. The van der Waals surface area contributed by atoms with Gasteiger partial charge in [-0.1, -0.05) is 43.5 Å². The standard InChI is InChI=1S/C19H24N2O2/c22-18(13-6-2-1-3-7-13)10-16-19(23)15-9-5-4-8-14(15)17-11-20-12-21(16)17/h4-5,8-9,11-13,16,18-19,22-23H,1-3,6-7,10H2. The van der Waals surface area contributed by atoms with Crippen molar-refractivity contribution in [2.24, 2.45) is 5.92 Å². The van der Waals surface area contributed by atoms with E-state index in [0.717, 1.165) is 29.7 Å². The fraction of sp³-hybridized carbons (Fsp3) is 0.526. The van der Waals surface area contributed by atoms with Crippen LogP contribution >= 0.6 is 0 Å². The van der Waals surface area contributed by atoms with Crippen LogP contribution in [0.4, 0.5) is 0 Å². The lowest BCUT2D eigenvalue weighted by Crippen LogP contribution is -2.31. The Kier molecular flexibility index (Phi) is 3.95. The Bertz CT molecular complexity index is 676. The normalized spacial score (nSPS) is 25.7. The van der Waals surface area contributed by atoms with Gasteiger partial charge in [0.25, 0.3) is 0 Å². The number of hydrogen-bond acceptors (Lipinski definition) is 3. The Hall–Kier alpha value is -1.65. The first-order valence-electron chi connectivity index (χ1n) is 8.73. The van der Waals surface area contributed by atoms with Gasteiger partial charge in [0.05, 0.1) is 30.4 Å². The van der Waals surface area contributed by atoms with Gasteiger partial charge in [-0.25, -0.2) is 4.98 Å². The first-order valence-corrected chi connectivity index (χ1v) is 8.73. The van der Waals surface area contributed by atoms with Crippen LogP contribution in [-0.4, -0.2) is 25.9 Å². The van der Waals surface area contributed by atoms with E-state index in [-0.39, 0.29) is 12.1 Å². The summed E-state index contributed by atoms with van der Waals surface area (Å²) in [5.74, 6) is 0.375. The third-order valence-electron chi connectivity index (χ3n) is 5.62. The average molecular weight is 312 g/mol. The van der Waals surface area contributed by atoms with Gasteiger partial charge < -0.3 is 14.8 Å². The third-order valence-corrected chi connectivity index (χ3v) is 5.62. The molecule has 23 heavy (non-hydrogen) atoms. The lowest BCUT2D eigenvalue weighted by atomic mass is 9.81. The third kappa shape index (κ3) is 2.60. The van der Waals surface area contributed by atoms with Crippen molar-refractivity contribution in [2.75, 3.05) is 0 Å². The molecule has 1 aromatic heterocycles. The van der Waals surface area contributed by atoms with E-state index >= 15 is 0 Å². The van der Waals surface area contributed by atoms with Crippen molar-refractivity contribution in [1.82, 2.24) is 9.55 Å². The molecule has 1 fully saturated rings. The van der Waals surface area contributed by atoms with Crippen LogP contribution in [0.15, 0.2) is 36.8 Å². The predicted molar refractivity (Wildman–Crippen MR) is 88.9 cm³/mol. The maximum atomic E-state index is 10.9. The van der Waals surface area contributed by atoms with Gasteiger partial charge in [-0.2, -0.15) is 0 Å². The van der Waals surface area contributed by atoms with Crippen molar-refractivity contribution in [1.29, 1.82) is 0 Å². The molecule has 2 N–H and O–H groups in total. The molecule has 4 rings (SSSR count). The van der Waals surface area contributed by atoms with Crippen LogP contribution < -0.4 is 0 Å². The molecule has 1 aliphatic heterocycles. The maximum Gasteiger partial charge on any atom is 0.100 e. The van der Waals surface area contributed by atoms with Gasteiger partial charge in [0.15, 0.2) is 0 Å². The minimum absolute atomic E-state index is 0.140. The van der Waals surface area contributed by atoms with Crippen molar-refractivity contribution >= 4 is 0 Å². The Morgan fingerprint density at radius 3 is 2.78 bits per heavy atom. The molecule has 2 heterocycles. The predicted octanol–water partition coefficient (Wildman–Crippen LogP) is 3.47. The molecular weight excluding hydrogens is 288 g/mol. The largest absolute Gasteiger partial charge is 0.393 e. The fourth-order valence-electron chi connectivity index (χ4n) is 4.33. The van der Waals surface area contributed by atoms with Crippen LogP contribution in [0, 0.1) is 5.92 Å². The van der Waals surface area contributed by atoms with Crippen LogP contribution in [0.5, 0.6) is 0 Å². The van der Waals surface area contributed by atoms with Gasteiger partial charge in [-0.05, 0) is 30.7 Å². The van der Waals surface area contributed by atoms with E-state index < -0.39 is 6.10 Å². The zero-order valence-corrected chi connectivity index (χ0v) is 13.3. The second-order valence-corrected chi connectivity index (χ2v) is 6.99. The van der Waals surface area contributed by atoms with Crippen molar-refractivity contribution in [3.8, 4) is 11.3 Å². The molecule has 0 spiro atoms. The first-order chi connectivity index (χ1) is 11.3. The van der Waals surface area contributed by atoms with Crippen LogP contribution in [0.3, 0.4) is 0 Å². The molecule has 1 aromatic carbocycles. The number of aromatic nitrogens is 2. The molecule has 1 aliphatic carbocycles. The zero-order valence-electron chi connectivity index (χ0n) is 13.3. The number of fused-ring (bicyclic) bond motifs is 3. The Balaban J connectivity index is 1.62. The molecular formula is C19H24N2O2. The van der Waals surface area contributed by atoms with Gasteiger partial charge in [-0.15, -0.1) is 0 Å². The SMILES string of the molecule is OC(CC1C(O)c2ccccc2-c2cncn21)C1CCCCC1. The summed E-state index contributed by atoms with van der Waals surface area (Å²) in [5.41, 5.74) is 3.02. The van der Waals surface area contributed by atoms with Crippen molar-refractivity contribution in [3.63, 3.8) is 0 Å². The average Bonchev–Trinajstić information content (AvgIpc) is 3.09. The number of rotatable bonds is 3. The smallest absolute Gasteiger partial charge is 0.100 e. The maximum absolute atomic E-state index is 10.9. The lowest BCUT2D eigenvalue weighted by molar-refractivity contribution is 0.0272. The second kappa shape index (κ2) is 6.10. The molecule has 3 atom stereocenters. The summed E-state index contributed by atoms with van der Waals surface area (Å²) in [4.78, 5) is 4.28. The Morgan fingerprint density at radius 2 is 1.96 bits per heavy atom. The second-order valence-electron chi connectivity index (χ2n) is 6.99. The highest BCUT2D eigenvalue weighted by molar-refractivity contribution is 5.66. The van der Waals surface area contributed by atoms with Crippen molar-refractivity contribution in [2.45, 2.75) is 56.8 Å². The van der Waals surface area contributed by atoms with Crippen LogP contribution in [-0.2, 0) is 0 Å². The topological polar surface area (TPSA) is 58.3 Å². The minimum Gasteiger partial charge on any atom is -0.393 e. The Morgan fingerprint density at radius 1 is 1.17 bits per heavy atom. The molecule has 122 valence electrons. The highest BCUT2D eigenvalue weighted by Crippen LogP contribution is 2.43. The highest BCUT2D eigenvalue weighted by atomic mass is 16.3. The van der Waals surface area contributed by atoms with Crippen molar-refractivity contribution < 1.29 is 10.2 Å². The van der Waals surface area contributed by atoms with E-state index in [1.165, 1.54) is 19.3 Å². The summed E-state index contributed by atoms with van der Waals surface area (Å²) in [6.45, 7) is 0. The molecule has 0 amide bonds. The van der Waals surface area contributed by atoms with Crippen LogP contribution in [0.2, 0.25) is 0 Å². The first kappa shape index (κ1) is 14.9. The summed E-state index contributed by atoms with van der Waals surface area (Å²) in [5, 5.41) is 21.6. The van der Waals surface area contributed by atoms with E-state index in [1.807, 2.05) is 35.0 Å². The number of benzene rings is 1. The van der Waals surface area contributed by atoms with Gasteiger partial charge in [-0.3, -0.25) is 0 Å². The quantitative estimate of drug-likeness (QED) is 0.912. The fourth-order valence-corrected chi connectivity index (χ4v) is 4.33. The molecule has 0 bridgehead atoms. The molecule has 0 saturated heterocycles. The molecule has 2 aliphatic rings. The summed E-state index contributed by atoms with van der Waals surface area (Å²) in [6, 6.07) is 7.82. The summed E-state index contributed by atoms with van der Waals surface area (Å²) >= 11 is 0. The summed E-state index contributed by atoms with van der Waals surface area (Å²) < 4.78 is 2.04. The molecule has 3 unspecified atom stereocenters. The Labute approximate surface area is 136 Å². The van der Waals surface area contributed by atoms with Crippen molar-refractivity contribution in [3.05, 3.63) is 42.4 Å². The van der Waals surface area contributed by atoms with E-state index in [0.29, 0.717) is 12.3 Å².